The molecule has 0 amide bonds. The molecule has 1 saturated carbocycles. The first kappa shape index (κ1) is 17.1. The Bertz CT molecular complexity index is 856. The number of aryl methyl sites for hydroxylation is 1. The van der Waals surface area contributed by atoms with Crippen molar-refractivity contribution in [2.75, 3.05) is 0 Å². The van der Waals surface area contributed by atoms with Gasteiger partial charge in [0.05, 0.1) is 6.10 Å². The lowest BCUT2D eigenvalue weighted by Crippen LogP contribution is -2.44. The molecule has 1 N–H and O–H groups in total. The monoisotopic (exact) mass is 360 g/mol. The molecule has 2 nitrogen and oxygen atoms in total. The van der Waals surface area contributed by atoms with E-state index in [2.05, 4.69) is 55.5 Å². The predicted octanol–water partition coefficient (Wildman–Crippen LogP) is 5.26. The van der Waals surface area contributed by atoms with Gasteiger partial charge in [-0.15, -0.1) is 0 Å². The van der Waals surface area contributed by atoms with Crippen LogP contribution in [0.1, 0.15) is 48.8 Å². The third kappa shape index (κ3) is 2.82. The Balaban J connectivity index is 1.35. The van der Waals surface area contributed by atoms with Gasteiger partial charge in [-0.1, -0.05) is 55.5 Å². The Hall–Kier alpha value is -2.06. The summed E-state index contributed by atoms with van der Waals surface area (Å²) in [4.78, 5) is 0. The van der Waals surface area contributed by atoms with Crippen molar-refractivity contribution < 1.29 is 9.84 Å². The van der Waals surface area contributed by atoms with Crippen molar-refractivity contribution in [1.82, 2.24) is 0 Å². The van der Waals surface area contributed by atoms with E-state index < -0.39 is 0 Å². The molecule has 0 bridgehead atoms. The Kier molecular flexibility index (Phi) is 4.12. The number of hydrogen-bond acceptors (Lipinski definition) is 2. The van der Waals surface area contributed by atoms with E-state index in [1.807, 2.05) is 12.1 Å². The van der Waals surface area contributed by atoms with Crippen LogP contribution < -0.4 is 4.74 Å². The highest BCUT2D eigenvalue weighted by Gasteiger charge is 2.52. The van der Waals surface area contributed by atoms with E-state index in [9.17, 15) is 5.11 Å². The van der Waals surface area contributed by atoms with Gasteiger partial charge in [0.2, 0.25) is 0 Å². The van der Waals surface area contributed by atoms with Gasteiger partial charge >= 0.3 is 0 Å². The Labute approximate surface area is 161 Å². The van der Waals surface area contributed by atoms with Crippen molar-refractivity contribution in [3.63, 3.8) is 0 Å². The molecule has 0 radical (unpaired) electrons. The average molecular weight is 360 g/mol. The molecule has 3 aliphatic carbocycles. The summed E-state index contributed by atoms with van der Waals surface area (Å²) in [6.07, 6.45) is 8.73. The first-order valence-corrected chi connectivity index (χ1v) is 10.3. The number of rotatable bonds is 3. The third-order valence-electron chi connectivity index (χ3n) is 7.42. The van der Waals surface area contributed by atoms with Crippen LogP contribution in [0.4, 0.5) is 0 Å². The number of aliphatic hydroxyl groups is 1. The van der Waals surface area contributed by atoms with Crippen LogP contribution in [0.15, 0.2) is 60.7 Å². The number of hydrogen-bond donors (Lipinski definition) is 1. The van der Waals surface area contributed by atoms with Gasteiger partial charge in [-0.3, -0.25) is 0 Å². The van der Waals surface area contributed by atoms with Crippen molar-refractivity contribution in [2.45, 2.75) is 51.2 Å². The molecule has 27 heavy (non-hydrogen) atoms. The molecule has 2 aromatic rings. The molecule has 2 heteroatoms. The van der Waals surface area contributed by atoms with Gasteiger partial charge in [0, 0.05) is 5.41 Å². The lowest BCUT2D eigenvalue weighted by atomic mass is 9.55. The number of benzene rings is 2. The molecule has 1 fully saturated rings. The number of fused-ring (bicyclic) bond motifs is 5. The highest BCUT2D eigenvalue weighted by molar-refractivity contribution is 5.41. The van der Waals surface area contributed by atoms with Crippen molar-refractivity contribution >= 4 is 0 Å². The first-order chi connectivity index (χ1) is 13.1. The smallest absolute Gasteiger partial charge is 0.120 e. The molecule has 0 saturated heterocycles. The molecule has 0 unspecified atom stereocenters. The largest absolute Gasteiger partial charge is 0.489 e. The predicted molar refractivity (Wildman–Crippen MR) is 108 cm³/mol. The topological polar surface area (TPSA) is 29.5 Å². The van der Waals surface area contributed by atoms with Crippen LogP contribution in [-0.4, -0.2) is 11.2 Å². The zero-order chi connectivity index (χ0) is 18.4. The molecule has 0 aliphatic heterocycles. The van der Waals surface area contributed by atoms with E-state index in [-0.39, 0.29) is 11.5 Å². The van der Waals surface area contributed by atoms with Crippen molar-refractivity contribution in [1.29, 1.82) is 0 Å². The quantitative estimate of drug-likeness (QED) is 0.757. The fourth-order valence-corrected chi connectivity index (χ4v) is 5.82. The van der Waals surface area contributed by atoms with E-state index in [4.69, 9.17) is 4.74 Å². The summed E-state index contributed by atoms with van der Waals surface area (Å²) in [6.45, 7) is 2.91. The fourth-order valence-electron chi connectivity index (χ4n) is 5.82. The summed E-state index contributed by atoms with van der Waals surface area (Å²) in [7, 11) is 0. The van der Waals surface area contributed by atoms with E-state index >= 15 is 0 Å². The fraction of sp³-hybridized carbons (Fsp3) is 0.440. The zero-order valence-electron chi connectivity index (χ0n) is 16.0. The van der Waals surface area contributed by atoms with Gasteiger partial charge in [0.1, 0.15) is 12.4 Å². The van der Waals surface area contributed by atoms with Gasteiger partial charge in [0.25, 0.3) is 0 Å². The average Bonchev–Trinajstić information content (AvgIpc) is 3.01. The van der Waals surface area contributed by atoms with Crippen LogP contribution in [0.2, 0.25) is 0 Å². The highest BCUT2D eigenvalue weighted by atomic mass is 16.5. The number of ether oxygens (including phenoxy) is 1. The molecule has 0 spiro atoms. The maximum atomic E-state index is 10.5. The minimum Gasteiger partial charge on any atom is -0.489 e. The van der Waals surface area contributed by atoms with E-state index in [1.54, 1.807) is 0 Å². The van der Waals surface area contributed by atoms with Crippen molar-refractivity contribution in [3.05, 3.63) is 77.4 Å². The maximum absolute atomic E-state index is 10.5. The van der Waals surface area contributed by atoms with Gasteiger partial charge in [-0.05, 0) is 72.3 Å². The minimum atomic E-state index is -0.265. The minimum absolute atomic E-state index is 0.0530. The van der Waals surface area contributed by atoms with Crippen LogP contribution in [-0.2, 0) is 13.0 Å². The summed E-state index contributed by atoms with van der Waals surface area (Å²) in [6, 6.07) is 17.1. The summed E-state index contributed by atoms with van der Waals surface area (Å²) < 4.78 is 6.05. The van der Waals surface area contributed by atoms with E-state index in [0.717, 1.165) is 18.6 Å². The zero-order valence-corrected chi connectivity index (χ0v) is 16.0. The Morgan fingerprint density at radius 2 is 1.93 bits per heavy atom. The van der Waals surface area contributed by atoms with Gasteiger partial charge < -0.3 is 9.84 Å². The molecule has 2 aromatic carbocycles. The van der Waals surface area contributed by atoms with E-state index in [1.165, 1.54) is 29.5 Å². The van der Waals surface area contributed by atoms with Crippen LogP contribution in [0.3, 0.4) is 0 Å². The first-order valence-electron chi connectivity index (χ1n) is 10.3. The van der Waals surface area contributed by atoms with Crippen molar-refractivity contribution in [2.24, 2.45) is 17.3 Å². The van der Waals surface area contributed by atoms with Gasteiger partial charge in [0.15, 0.2) is 0 Å². The molecular weight excluding hydrogens is 332 g/mol. The number of aliphatic hydroxyl groups excluding tert-OH is 1. The second-order valence-corrected chi connectivity index (χ2v) is 8.84. The SMILES string of the molecule is C[C@]12CC[C@@H]3c4ccc(OCc5ccccc5)cc4CC[C@H]3[C@@H]1C=C[C@H]2O. The molecule has 0 aromatic heterocycles. The summed E-state index contributed by atoms with van der Waals surface area (Å²) in [5.74, 6) is 2.80. The second-order valence-electron chi connectivity index (χ2n) is 8.84. The van der Waals surface area contributed by atoms with E-state index in [0.29, 0.717) is 24.4 Å². The summed E-state index contributed by atoms with van der Waals surface area (Å²) >= 11 is 0. The molecule has 0 heterocycles. The molecule has 3 aliphatic rings. The lowest BCUT2D eigenvalue weighted by Gasteiger charge is -2.50. The molecule has 140 valence electrons. The maximum Gasteiger partial charge on any atom is 0.120 e. The third-order valence-corrected chi connectivity index (χ3v) is 7.42. The van der Waals surface area contributed by atoms with Crippen molar-refractivity contribution in [3.8, 4) is 5.75 Å². The highest BCUT2D eigenvalue weighted by Crippen LogP contribution is 2.58. The Morgan fingerprint density at radius 1 is 1.07 bits per heavy atom. The molecule has 5 rings (SSSR count). The summed E-state index contributed by atoms with van der Waals surface area (Å²) in [5, 5.41) is 10.5. The molecular formula is C25H28O2. The summed E-state index contributed by atoms with van der Waals surface area (Å²) in [5.41, 5.74) is 4.24. The second kappa shape index (κ2) is 6.53. The van der Waals surface area contributed by atoms with Gasteiger partial charge in [-0.25, -0.2) is 0 Å². The van der Waals surface area contributed by atoms with Crippen LogP contribution >= 0.6 is 0 Å². The molecule has 5 atom stereocenters. The van der Waals surface area contributed by atoms with Crippen LogP contribution in [0.5, 0.6) is 5.75 Å². The van der Waals surface area contributed by atoms with Crippen LogP contribution in [0, 0.1) is 17.3 Å². The Morgan fingerprint density at radius 3 is 2.78 bits per heavy atom. The normalized spacial score (nSPS) is 33.9. The number of allylic oxidation sites excluding steroid dienone is 1. The lowest BCUT2D eigenvalue weighted by molar-refractivity contribution is -0.0101. The van der Waals surface area contributed by atoms with Crippen LogP contribution in [0.25, 0.3) is 0 Å². The van der Waals surface area contributed by atoms with Gasteiger partial charge in [-0.2, -0.15) is 0 Å². The standard InChI is InChI=1S/C25H28O2/c1-25-14-13-21-20-10-8-19(27-16-17-5-3-2-4-6-17)15-18(20)7-9-22(21)23(25)11-12-24(25)26/h2-6,8,10-12,15,21-24,26H,7,9,13-14,16H2,1H3/t21-,22-,23+,24-,25+/m1/s1.